The van der Waals surface area contributed by atoms with Crippen LogP contribution in [0.3, 0.4) is 0 Å². The van der Waals surface area contributed by atoms with Crippen molar-refractivity contribution in [1.82, 2.24) is 0 Å². The first-order valence-corrected chi connectivity index (χ1v) is 6.20. The molecule has 1 rings (SSSR count). The van der Waals surface area contributed by atoms with E-state index in [-0.39, 0.29) is 10.9 Å². The second kappa shape index (κ2) is 6.71. The molecule has 16 heavy (non-hydrogen) atoms. The van der Waals surface area contributed by atoms with Crippen molar-refractivity contribution in [2.45, 2.75) is 13.3 Å². The number of hydrogen-bond donors (Lipinski definition) is 0. The molecule has 1 aromatic rings. The van der Waals surface area contributed by atoms with Crippen LogP contribution >= 0.6 is 23.4 Å². The Kier molecular flexibility index (Phi) is 5.56. The molecule has 0 aromatic heterocycles. The molecule has 86 valence electrons. The zero-order valence-electron chi connectivity index (χ0n) is 8.87. The third-order valence-electron chi connectivity index (χ3n) is 1.79. The lowest BCUT2D eigenvalue weighted by atomic mass is 10.2. The number of hydrogen-bond acceptors (Lipinski definition) is 2. The van der Waals surface area contributed by atoms with Gasteiger partial charge in [-0.2, -0.15) is 0 Å². The van der Waals surface area contributed by atoms with Crippen molar-refractivity contribution < 1.29 is 9.18 Å². The molecule has 0 heterocycles. The smallest absolute Gasteiger partial charge is 0.185 e. The number of thioether (sulfide) groups is 1. The van der Waals surface area contributed by atoms with Crippen molar-refractivity contribution in [2.24, 2.45) is 0 Å². The van der Waals surface area contributed by atoms with Crippen molar-refractivity contribution in [2.75, 3.05) is 5.75 Å². The Hall–Kier alpha value is -0.800. The molecule has 0 saturated heterocycles. The van der Waals surface area contributed by atoms with Gasteiger partial charge in [-0.1, -0.05) is 35.5 Å². The summed E-state index contributed by atoms with van der Waals surface area (Å²) in [5.41, 5.74) is 0.734. The number of carbonyl (C=O) groups is 1. The van der Waals surface area contributed by atoms with Crippen LogP contribution in [0.25, 0.3) is 6.08 Å². The third kappa shape index (κ3) is 5.33. The Morgan fingerprint density at radius 1 is 1.50 bits per heavy atom. The number of carbonyl (C=O) groups excluding carboxylic acids is 1. The van der Waals surface area contributed by atoms with Crippen LogP contribution in [0.1, 0.15) is 18.9 Å². The van der Waals surface area contributed by atoms with E-state index in [1.165, 1.54) is 23.9 Å². The summed E-state index contributed by atoms with van der Waals surface area (Å²) in [6.45, 7) is 1.54. The highest BCUT2D eigenvalue weighted by atomic mass is 35.5. The van der Waals surface area contributed by atoms with Crippen LogP contribution < -0.4 is 0 Å². The SMILES string of the molecule is CC(=O)SCCC=Cc1cc(F)cc(Cl)c1. The van der Waals surface area contributed by atoms with Gasteiger partial charge in [0.1, 0.15) is 5.82 Å². The molecule has 0 amide bonds. The number of rotatable bonds is 4. The molecule has 0 atom stereocenters. The van der Waals surface area contributed by atoms with Crippen molar-refractivity contribution in [3.8, 4) is 0 Å². The summed E-state index contributed by atoms with van der Waals surface area (Å²) in [7, 11) is 0. The van der Waals surface area contributed by atoms with Crippen LogP contribution in [0.4, 0.5) is 4.39 Å². The summed E-state index contributed by atoms with van der Waals surface area (Å²) in [5.74, 6) is 0.403. The van der Waals surface area contributed by atoms with Gasteiger partial charge >= 0.3 is 0 Å². The summed E-state index contributed by atoms with van der Waals surface area (Å²) in [6.07, 6.45) is 4.48. The van der Waals surface area contributed by atoms with Crippen molar-refractivity contribution >= 4 is 34.6 Å². The first-order chi connectivity index (χ1) is 7.58. The third-order valence-corrected chi connectivity index (χ3v) is 2.85. The average molecular weight is 259 g/mol. The van der Waals surface area contributed by atoms with Gasteiger partial charge in [0.05, 0.1) is 0 Å². The van der Waals surface area contributed by atoms with Gasteiger partial charge in [-0.05, 0) is 30.2 Å². The predicted molar refractivity (Wildman–Crippen MR) is 68.2 cm³/mol. The molecule has 0 bridgehead atoms. The lowest BCUT2D eigenvalue weighted by Crippen LogP contribution is -1.83. The van der Waals surface area contributed by atoms with Gasteiger partial charge in [0.25, 0.3) is 0 Å². The minimum atomic E-state index is -0.342. The highest BCUT2D eigenvalue weighted by Crippen LogP contribution is 2.15. The van der Waals surface area contributed by atoms with E-state index in [0.717, 1.165) is 17.7 Å². The minimum absolute atomic E-state index is 0.113. The topological polar surface area (TPSA) is 17.1 Å². The van der Waals surface area contributed by atoms with Crippen LogP contribution in [0.5, 0.6) is 0 Å². The van der Waals surface area contributed by atoms with Crippen LogP contribution in [0.15, 0.2) is 24.3 Å². The van der Waals surface area contributed by atoms with E-state index in [1.807, 2.05) is 6.08 Å². The number of halogens is 2. The van der Waals surface area contributed by atoms with E-state index in [9.17, 15) is 9.18 Å². The lowest BCUT2D eigenvalue weighted by Gasteiger charge is -1.96. The summed E-state index contributed by atoms with van der Waals surface area (Å²) in [5, 5.41) is 0.500. The van der Waals surface area contributed by atoms with Gasteiger partial charge in [-0.15, -0.1) is 0 Å². The normalized spacial score (nSPS) is 10.9. The monoisotopic (exact) mass is 258 g/mol. The average Bonchev–Trinajstić information content (AvgIpc) is 2.15. The molecule has 1 aromatic carbocycles. The Morgan fingerprint density at radius 2 is 2.25 bits per heavy atom. The first kappa shape index (κ1) is 13.3. The predicted octanol–water partition coefficient (Wildman–Crippen LogP) is 4.16. The van der Waals surface area contributed by atoms with Crippen molar-refractivity contribution in [3.05, 3.63) is 40.7 Å². The molecule has 4 heteroatoms. The van der Waals surface area contributed by atoms with Crippen molar-refractivity contribution in [1.29, 1.82) is 0 Å². The number of allylic oxidation sites excluding steroid dienone is 1. The van der Waals surface area contributed by atoms with Gasteiger partial charge < -0.3 is 0 Å². The van der Waals surface area contributed by atoms with Crippen molar-refractivity contribution in [3.63, 3.8) is 0 Å². The molecular weight excluding hydrogens is 247 g/mol. The summed E-state index contributed by atoms with van der Waals surface area (Å²) >= 11 is 6.99. The molecule has 0 saturated carbocycles. The first-order valence-electron chi connectivity index (χ1n) is 4.84. The standard InChI is InChI=1S/C12H12ClFOS/c1-9(15)16-5-3-2-4-10-6-11(13)8-12(14)7-10/h2,4,6-8H,3,5H2,1H3. The fourth-order valence-electron chi connectivity index (χ4n) is 1.16. The zero-order chi connectivity index (χ0) is 12.0. The Morgan fingerprint density at radius 3 is 2.88 bits per heavy atom. The molecule has 0 aliphatic heterocycles. The van der Waals surface area contributed by atoms with Crippen LogP contribution in [-0.2, 0) is 4.79 Å². The quantitative estimate of drug-likeness (QED) is 0.755. The van der Waals surface area contributed by atoms with Crippen LogP contribution in [-0.4, -0.2) is 10.9 Å². The van der Waals surface area contributed by atoms with E-state index in [1.54, 1.807) is 19.1 Å². The molecule has 0 unspecified atom stereocenters. The zero-order valence-corrected chi connectivity index (χ0v) is 10.4. The van der Waals surface area contributed by atoms with E-state index in [2.05, 4.69) is 0 Å². The molecule has 0 aliphatic rings. The van der Waals surface area contributed by atoms with Crippen LogP contribution in [0.2, 0.25) is 5.02 Å². The van der Waals surface area contributed by atoms with Crippen LogP contribution in [0, 0.1) is 5.82 Å². The van der Waals surface area contributed by atoms with Gasteiger partial charge in [0.2, 0.25) is 0 Å². The fraction of sp³-hybridized carbons (Fsp3) is 0.250. The maximum atomic E-state index is 12.9. The molecule has 0 N–H and O–H groups in total. The molecule has 0 fully saturated rings. The minimum Gasteiger partial charge on any atom is -0.288 e. The summed E-state index contributed by atoms with van der Waals surface area (Å²) in [4.78, 5) is 10.6. The summed E-state index contributed by atoms with van der Waals surface area (Å²) in [6, 6.07) is 4.38. The molecule has 0 aliphatic carbocycles. The molecular formula is C12H12ClFOS. The van der Waals surface area contributed by atoms with E-state index in [0.29, 0.717) is 5.02 Å². The second-order valence-corrected chi connectivity index (χ2v) is 4.94. The second-order valence-electron chi connectivity index (χ2n) is 3.23. The van der Waals surface area contributed by atoms with Gasteiger partial charge in [0, 0.05) is 17.7 Å². The van der Waals surface area contributed by atoms with Gasteiger partial charge in [-0.25, -0.2) is 4.39 Å². The summed E-state index contributed by atoms with van der Waals surface area (Å²) < 4.78 is 12.9. The van der Waals surface area contributed by atoms with E-state index in [4.69, 9.17) is 11.6 Å². The highest BCUT2D eigenvalue weighted by molar-refractivity contribution is 8.13. The molecule has 1 nitrogen and oxygen atoms in total. The van der Waals surface area contributed by atoms with E-state index < -0.39 is 0 Å². The maximum Gasteiger partial charge on any atom is 0.185 e. The van der Waals surface area contributed by atoms with E-state index >= 15 is 0 Å². The largest absolute Gasteiger partial charge is 0.288 e. The fourth-order valence-corrected chi connectivity index (χ4v) is 1.93. The lowest BCUT2D eigenvalue weighted by molar-refractivity contribution is -0.109. The Labute approximate surface area is 104 Å². The van der Waals surface area contributed by atoms with Gasteiger partial charge in [-0.3, -0.25) is 4.79 Å². The maximum absolute atomic E-state index is 12.9. The highest BCUT2D eigenvalue weighted by Gasteiger charge is 1.96. The Balaban J connectivity index is 2.46. The molecule has 0 radical (unpaired) electrons. The Bertz CT molecular complexity index is 384. The molecule has 0 spiro atoms. The van der Waals surface area contributed by atoms with Gasteiger partial charge in [0.15, 0.2) is 5.12 Å². The number of benzene rings is 1.